The van der Waals surface area contributed by atoms with Crippen LogP contribution in [0.4, 0.5) is 11.4 Å². The highest BCUT2D eigenvalue weighted by Gasteiger charge is 2.47. The van der Waals surface area contributed by atoms with E-state index in [1.165, 1.54) is 10.4 Å². The molecule has 6 heteroatoms. The van der Waals surface area contributed by atoms with E-state index < -0.39 is 8.07 Å². The Morgan fingerprint density at radius 3 is 2.79 bits per heavy atom. The Balaban J connectivity index is 2.18. The molecule has 2 aliphatic rings. The third-order valence-electron chi connectivity index (χ3n) is 5.79. The average Bonchev–Trinajstić information content (AvgIpc) is 2.71. The Hall–Kier alpha value is -2.47. The summed E-state index contributed by atoms with van der Waals surface area (Å²) in [5.74, 6) is 0. The minimum Gasteiger partial charge on any atom is -0.468 e. The van der Waals surface area contributed by atoms with Gasteiger partial charge in [-0.3, -0.25) is 9.79 Å². The molecule has 1 atom stereocenters. The third kappa shape index (κ3) is 4.12. The molecule has 154 valence electrons. The maximum Gasteiger partial charge on any atom is 0.293 e. The standard InChI is InChI=1S/C23H31N3O2Si/c1-5-24-18-8-10-20-22(14-18)29(17(3)4,13-7-12-28-16-27)23-15-19(25-6-2)9-11-21(23)26-20/h8-11,14-17,24H,5-7,12-13H2,1-4H3. The first-order valence-electron chi connectivity index (χ1n) is 10.5. The molecule has 1 aromatic carbocycles. The molecular weight excluding hydrogens is 378 g/mol. The van der Waals surface area contributed by atoms with E-state index in [2.05, 4.69) is 74.4 Å². The van der Waals surface area contributed by atoms with Crippen molar-refractivity contribution in [3.8, 4) is 0 Å². The fourth-order valence-corrected chi connectivity index (χ4v) is 9.87. The minimum absolute atomic E-state index is 0.457. The Bertz CT molecular complexity index is 886. The summed E-state index contributed by atoms with van der Waals surface area (Å²) in [6, 6.07) is 7.58. The third-order valence-corrected chi connectivity index (χ3v) is 11.6. The van der Waals surface area contributed by atoms with Gasteiger partial charge < -0.3 is 10.1 Å². The second kappa shape index (κ2) is 9.35. The van der Waals surface area contributed by atoms with Gasteiger partial charge in [0, 0.05) is 18.8 Å². The first kappa shape index (κ1) is 21.2. The molecule has 3 rings (SSSR count). The predicted octanol–water partition coefficient (Wildman–Crippen LogP) is 4.33. The van der Waals surface area contributed by atoms with Crippen molar-refractivity contribution in [2.24, 2.45) is 9.98 Å². The van der Waals surface area contributed by atoms with Crippen LogP contribution in [-0.4, -0.2) is 45.7 Å². The largest absolute Gasteiger partial charge is 0.468 e. The fraction of sp³-hybridized carbons (Fsp3) is 0.435. The van der Waals surface area contributed by atoms with Crippen LogP contribution in [0.15, 0.2) is 51.6 Å². The average molecular weight is 410 g/mol. The first-order chi connectivity index (χ1) is 14.1. The number of allylic oxidation sites excluding steroid dienone is 4. The van der Waals surface area contributed by atoms with E-state index in [-0.39, 0.29) is 0 Å². The van der Waals surface area contributed by atoms with Gasteiger partial charge in [-0.05, 0) is 78.7 Å². The maximum atomic E-state index is 10.7. The topological polar surface area (TPSA) is 63.1 Å². The smallest absolute Gasteiger partial charge is 0.293 e. The van der Waals surface area contributed by atoms with Crippen molar-refractivity contribution in [1.29, 1.82) is 0 Å². The van der Waals surface area contributed by atoms with Gasteiger partial charge in [0.25, 0.3) is 6.47 Å². The summed E-state index contributed by atoms with van der Waals surface area (Å²) in [7, 11) is -2.16. The fourth-order valence-electron chi connectivity index (χ4n) is 4.50. The van der Waals surface area contributed by atoms with Gasteiger partial charge in [0.05, 0.1) is 23.7 Å². The molecular formula is C23H31N3O2Si. The number of fused-ring (bicyclic) bond motifs is 2. The molecule has 1 aliphatic heterocycles. The van der Waals surface area contributed by atoms with Gasteiger partial charge in [0.2, 0.25) is 0 Å². The van der Waals surface area contributed by atoms with Crippen LogP contribution in [-0.2, 0) is 9.53 Å². The summed E-state index contributed by atoms with van der Waals surface area (Å²) < 4.78 is 5.04. The van der Waals surface area contributed by atoms with Crippen molar-refractivity contribution in [1.82, 2.24) is 0 Å². The molecule has 1 N–H and O–H groups in total. The van der Waals surface area contributed by atoms with Crippen LogP contribution in [0, 0.1) is 0 Å². The Morgan fingerprint density at radius 2 is 2.10 bits per heavy atom. The number of carbonyl (C=O) groups excluding carboxylic acids is 1. The van der Waals surface area contributed by atoms with Crippen LogP contribution in [0.5, 0.6) is 0 Å². The number of hydrogen-bond acceptors (Lipinski definition) is 5. The summed E-state index contributed by atoms with van der Waals surface area (Å²) in [5, 5.41) is 6.19. The van der Waals surface area contributed by atoms with Gasteiger partial charge in [-0.15, -0.1) is 0 Å². The number of rotatable bonds is 9. The van der Waals surface area contributed by atoms with Gasteiger partial charge in [-0.25, -0.2) is 4.99 Å². The van der Waals surface area contributed by atoms with E-state index in [9.17, 15) is 4.79 Å². The van der Waals surface area contributed by atoms with E-state index >= 15 is 0 Å². The van der Waals surface area contributed by atoms with Crippen LogP contribution in [0.1, 0.15) is 34.1 Å². The highest BCUT2D eigenvalue weighted by molar-refractivity contribution is 7.03. The van der Waals surface area contributed by atoms with Crippen molar-refractivity contribution in [2.75, 3.05) is 25.0 Å². The molecule has 0 spiro atoms. The Kier molecular flexibility index (Phi) is 6.85. The normalized spacial score (nSPS) is 21.3. The quantitative estimate of drug-likeness (QED) is 0.286. The molecule has 0 radical (unpaired) electrons. The van der Waals surface area contributed by atoms with Crippen LogP contribution in [0.25, 0.3) is 0 Å². The summed E-state index contributed by atoms with van der Waals surface area (Å²) in [6.45, 7) is 11.5. The van der Waals surface area contributed by atoms with Gasteiger partial charge in [0.1, 0.15) is 8.07 Å². The Labute approximate surface area is 174 Å². The van der Waals surface area contributed by atoms with Crippen molar-refractivity contribution in [3.05, 3.63) is 41.6 Å². The van der Waals surface area contributed by atoms with Gasteiger partial charge in [-0.2, -0.15) is 0 Å². The number of aliphatic imine (C=N–C) groups is 2. The van der Waals surface area contributed by atoms with Gasteiger partial charge in [-0.1, -0.05) is 13.8 Å². The van der Waals surface area contributed by atoms with Crippen LogP contribution < -0.4 is 10.5 Å². The molecule has 0 aromatic heterocycles. The summed E-state index contributed by atoms with van der Waals surface area (Å²) in [4.78, 5) is 20.3. The second-order valence-electron chi connectivity index (χ2n) is 7.75. The predicted molar refractivity (Wildman–Crippen MR) is 125 cm³/mol. The lowest BCUT2D eigenvalue weighted by molar-refractivity contribution is -0.128. The zero-order valence-electron chi connectivity index (χ0n) is 17.9. The van der Waals surface area contributed by atoms with E-state index in [4.69, 9.17) is 9.73 Å². The molecule has 0 amide bonds. The first-order valence-corrected chi connectivity index (χ1v) is 12.8. The monoisotopic (exact) mass is 409 g/mol. The number of nitrogens with zero attached hydrogens (tertiary/aromatic N) is 2. The van der Waals surface area contributed by atoms with Crippen molar-refractivity contribution < 1.29 is 9.53 Å². The van der Waals surface area contributed by atoms with E-state index in [0.717, 1.165) is 48.4 Å². The second-order valence-corrected chi connectivity index (χ2v) is 12.4. The van der Waals surface area contributed by atoms with Crippen molar-refractivity contribution >= 4 is 42.5 Å². The molecule has 0 saturated carbocycles. The number of ether oxygens (including phenoxy) is 1. The highest BCUT2D eigenvalue weighted by Crippen LogP contribution is 2.41. The summed E-state index contributed by atoms with van der Waals surface area (Å²) >= 11 is 0. The molecule has 1 heterocycles. The molecule has 0 saturated heterocycles. The van der Waals surface area contributed by atoms with Crippen LogP contribution >= 0.6 is 0 Å². The van der Waals surface area contributed by atoms with Crippen LogP contribution in [0.2, 0.25) is 11.6 Å². The van der Waals surface area contributed by atoms with Crippen molar-refractivity contribution in [3.63, 3.8) is 0 Å². The van der Waals surface area contributed by atoms with Gasteiger partial charge in [0.15, 0.2) is 0 Å². The summed E-state index contributed by atoms with van der Waals surface area (Å²) in [6.07, 6.45) is 7.30. The SMILES string of the molecule is CCN=C1C=CC2=Nc3ccc(NCC)cc3[Si](CCCOC=O)(C(C)C)C2=C1. The van der Waals surface area contributed by atoms with Crippen LogP contribution in [0.3, 0.4) is 0 Å². The molecule has 5 nitrogen and oxygen atoms in total. The number of benzene rings is 1. The molecule has 29 heavy (non-hydrogen) atoms. The highest BCUT2D eigenvalue weighted by atomic mass is 28.3. The van der Waals surface area contributed by atoms with Gasteiger partial charge >= 0.3 is 0 Å². The molecule has 0 fully saturated rings. The van der Waals surface area contributed by atoms with E-state index in [0.29, 0.717) is 18.6 Å². The zero-order valence-corrected chi connectivity index (χ0v) is 18.9. The molecule has 1 unspecified atom stereocenters. The minimum atomic E-state index is -2.16. The number of nitrogens with one attached hydrogen (secondary N) is 1. The summed E-state index contributed by atoms with van der Waals surface area (Å²) in [5.41, 5.74) is 4.78. The van der Waals surface area contributed by atoms with E-state index in [1.807, 2.05) is 0 Å². The lowest BCUT2D eigenvalue weighted by atomic mass is 10.1. The number of hydrogen-bond donors (Lipinski definition) is 1. The molecule has 0 bridgehead atoms. The van der Waals surface area contributed by atoms with E-state index in [1.54, 1.807) is 0 Å². The lowest BCUT2D eigenvalue weighted by Crippen LogP contribution is -2.56. The van der Waals surface area contributed by atoms with Crippen molar-refractivity contribution in [2.45, 2.75) is 45.7 Å². The number of anilines is 1. The Morgan fingerprint density at radius 1 is 1.28 bits per heavy atom. The zero-order chi connectivity index (χ0) is 20.9. The lowest BCUT2D eigenvalue weighted by Gasteiger charge is -2.42. The maximum absolute atomic E-state index is 10.7. The number of carbonyl (C=O) groups is 1. The molecule has 1 aliphatic carbocycles. The molecule has 1 aromatic rings.